The van der Waals surface area contributed by atoms with Crippen molar-refractivity contribution in [3.63, 3.8) is 0 Å². The molecule has 0 bridgehead atoms. The maximum atomic E-state index is 12.8. The molecule has 0 spiro atoms. The number of phenolic OH excluding ortho intramolecular Hbond substituents is 1. The van der Waals surface area contributed by atoms with Crippen molar-refractivity contribution in [1.29, 1.82) is 0 Å². The van der Waals surface area contributed by atoms with E-state index in [1.165, 1.54) is 30.0 Å². The second-order valence-electron chi connectivity index (χ2n) is 5.44. The number of halogens is 3. The van der Waals surface area contributed by atoms with Crippen LogP contribution in [0.5, 0.6) is 11.5 Å². The van der Waals surface area contributed by atoms with E-state index in [9.17, 15) is 9.90 Å². The molecule has 1 aromatic heterocycles. The largest absolute Gasteiger partial charge is 0.504 e. The standard InChI is InChI=1S/C18H13Cl3N2O3/c1-9-12(5-10-3-4-15(24)16(6-10)26-2)18(25)23(22-9)17-13(20)7-11(19)8-14(17)21/h3-8,22,24H,1H2,2H3/b12-5-. The first-order chi connectivity index (χ1) is 12.3. The van der Waals surface area contributed by atoms with Crippen LogP contribution in [0.2, 0.25) is 15.1 Å². The fourth-order valence-corrected chi connectivity index (χ4v) is 3.49. The van der Waals surface area contributed by atoms with E-state index in [1.54, 1.807) is 18.2 Å². The molecule has 0 fully saturated rings. The number of nitrogens with one attached hydrogen (secondary N) is 1. The number of hydrogen-bond donors (Lipinski definition) is 2. The number of aromatic nitrogens is 2. The zero-order chi connectivity index (χ0) is 19.0. The van der Waals surface area contributed by atoms with Crippen molar-refractivity contribution >= 4 is 47.5 Å². The van der Waals surface area contributed by atoms with Gasteiger partial charge in [-0.15, -0.1) is 0 Å². The Kier molecular flexibility index (Phi) is 5.05. The Morgan fingerprint density at radius 1 is 1.19 bits per heavy atom. The molecule has 5 nitrogen and oxygen atoms in total. The fraction of sp³-hybridized carbons (Fsp3) is 0.0556. The molecule has 2 aromatic carbocycles. The lowest BCUT2D eigenvalue weighted by Crippen LogP contribution is -2.34. The van der Waals surface area contributed by atoms with Crippen LogP contribution in [0.25, 0.3) is 18.3 Å². The first-order valence-corrected chi connectivity index (χ1v) is 8.49. The quantitative estimate of drug-likeness (QED) is 0.696. The van der Waals surface area contributed by atoms with Crippen LogP contribution in [0.4, 0.5) is 0 Å². The Morgan fingerprint density at radius 2 is 1.85 bits per heavy atom. The Balaban J connectivity index is 2.22. The zero-order valence-corrected chi connectivity index (χ0v) is 15.8. The molecule has 0 saturated heterocycles. The van der Waals surface area contributed by atoms with Crippen LogP contribution in [0.1, 0.15) is 5.56 Å². The van der Waals surface area contributed by atoms with Gasteiger partial charge in [-0.05, 0) is 35.9 Å². The third kappa shape index (κ3) is 3.33. The maximum Gasteiger partial charge on any atom is 0.279 e. The molecule has 0 radical (unpaired) electrons. The van der Waals surface area contributed by atoms with Crippen molar-refractivity contribution in [2.45, 2.75) is 0 Å². The molecular weight excluding hydrogens is 399 g/mol. The third-order valence-corrected chi connectivity index (χ3v) is 4.52. The number of nitrogens with zero attached hydrogens (tertiary/aromatic N) is 1. The molecule has 3 rings (SSSR count). The Labute approximate surface area is 163 Å². The van der Waals surface area contributed by atoms with Gasteiger partial charge in [0.05, 0.1) is 27.7 Å². The molecule has 8 heteroatoms. The molecule has 0 aliphatic rings. The van der Waals surface area contributed by atoms with Crippen molar-refractivity contribution in [2.24, 2.45) is 0 Å². The average Bonchev–Trinajstić information content (AvgIpc) is 2.83. The monoisotopic (exact) mass is 410 g/mol. The molecule has 0 aliphatic carbocycles. The van der Waals surface area contributed by atoms with Gasteiger partial charge in [-0.3, -0.25) is 9.89 Å². The molecule has 2 N–H and O–H groups in total. The highest BCUT2D eigenvalue weighted by atomic mass is 35.5. The minimum absolute atomic E-state index is 0.00528. The van der Waals surface area contributed by atoms with Crippen LogP contribution < -0.4 is 20.9 Å². The fourth-order valence-electron chi connectivity index (χ4n) is 2.50. The SMILES string of the molecule is C=c1[nH]n(-c2c(Cl)cc(Cl)cc2Cl)c(=O)/c1=C\c1ccc(O)c(OC)c1. The number of rotatable bonds is 3. The van der Waals surface area contributed by atoms with Crippen LogP contribution in [-0.2, 0) is 0 Å². The number of aromatic hydroxyl groups is 1. The van der Waals surface area contributed by atoms with E-state index < -0.39 is 0 Å². The maximum absolute atomic E-state index is 12.8. The summed E-state index contributed by atoms with van der Waals surface area (Å²) in [4.78, 5) is 12.8. The van der Waals surface area contributed by atoms with E-state index in [0.29, 0.717) is 26.9 Å². The summed E-state index contributed by atoms with van der Waals surface area (Å²) in [6.45, 7) is 3.86. The molecule has 0 atom stereocenters. The van der Waals surface area contributed by atoms with Crippen molar-refractivity contribution in [3.8, 4) is 17.2 Å². The average molecular weight is 412 g/mol. The van der Waals surface area contributed by atoms with Crippen LogP contribution in [0.3, 0.4) is 0 Å². The highest BCUT2D eigenvalue weighted by molar-refractivity contribution is 6.40. The minimum atomic E-state index is -0.381. The van der Waals surface area contributed by atoms with E-state index >= 15 is 0 Å². The van der Waals surface area contributed by atoms with E-state index in [-0.39, 0.29) is 27.0 Å². The Hall–Kier alpha value is -2.34. The van der Waals surface area contributed by atoms with Gasteiger partial charge >= 0.3 is 0 Å². The predicted octanol–water partition coefficient (Wildman–Crippen LogP) is 3.08. The summed E-state index contributed by atoms with van der Waals surface area (Å²) in [6, 6.07) is 7.72. The summed E-state index contributed by atoms with van der Waals surface area (Å²) in [7, 11) is 1.44. The van der Waals surface area contributed by atoms with Gasteiger partial charge in [0.1, 0.15) is 5.69 Å². The van der Waals surface area contributed by atoms with Crippen molar-refractivity contribution in [3.05, 3.63) is 71.9 Å². The summed E-state index contributed by atoms with van der Waals surface area (Å²) < 4.78 is 6.29. The van der Waals surface area contributed by atoms with Gasteiger partial charge in [-0.25, -0.2) is 4.68 Å². The summed E-state index contributed by atoms with van der Waals surface area (Å²) in [5.74, 6) is 0.301. The van der Waals surface area contributed by atoms with Crippen molar-refractivity contribution < 1.29 is 9.84 Å². The summed E-state index contributed by atoms with van der Waals surface area (Å²) >= 11 is 18.3. The molecule has 0 aliphatic heterocycles. The lowest BCUT2D eigenvalue weighted by Gasteiger charge is -2.07. The van der Waals surface area contributed by atoms with Crippen LogP contribution in [-0.4, -0.2) is 22.0 Å². The highest BCUT2D eigenvalue weighted by Crippen LogP contribution is 2.30. The highest BCUT2D eigenvalue weighted by Gasteiger charge is 2.14. The molecule has 0 saturated carbocycles. The summed E-state index contributed by atoms with van der Waals surface area (Å²) in [5, 5.41) is 14.1. The molecule has 0 unspecified atom stereocenters. The second-order valence-corrected chi connectivity index (χ2v) is 6.69. The first kappa shape index (κ1) is 18.5. The topological polar surface area (TPSA) is 67.2 Å². The van der Waals surface area contributed by atoms with Gasteiger partial charge in [0.15, 0.2) is 11.5 Å². The third-order valence-electron chi connectivity index (χ3n) is 3.73. The van der Waals surface area contributed by atoms with Crippen LogP contribution >= 0.6 is 34.8 Å². The Morgan fingerprint density at radius 3 is 2.46 bits per heavy atom. The van der Waals surface area contributed by atoms with Gasteiger partial charge < -0.3 is 9.84 Å². The lowest BCUT2D eigenvalue weighted by molar-refractivity contribution is 0.373. The normalized spacial score (nSPS) is 11.8. The number of hydrogen-bond acceptors (Lipinski definition) is 3. The predicted molar refractivity (Wildman–Crippen MR) is 104 cm³/mol. The van der Waals surface area contributed by atoms with E-state index in [1.807, 2.05) is 0 Å². The van der Waals surface area contributed by atoms with Gasteiger partial charge in [-0.1, -0.05) is 47.4 Å². The van der Waals surface area contributed by atoms with E-state index in [4.69, 9.17) is 39.5 Å². The van der Waals surface area contributed by atoms with Gasteiger partial charge in [0.2, 0.25) is 0 Å². The van der Waals surface area contributed by atoms with Gasteiger partial charge in [0.25, 0.3) is 5.56 Å². The van der Waals surface area contributed by atoms with Crippen LogP contribution in [0.15, 0.2) is 35.1 Å². The van der Waals surface area contributed by atoms with Gasteiger partial charge in [0, 0.05) is 5.02 Å². The zero-order valence-electron chi connectivity index (χ0n) is 13.5. The number of methoxy groups -OCH3 is 1. The molecule has 134 valence electrons. The molecular formula is C18H13Cl3N2O3. The number of benzene rings is 2. The van der Waals surface area contributed by atoms with Crippen molar-refractivity contribution in [2.75, 3.05) is 7.11 Å². The Bertz CT molecular complexity index is 1140. The van der Waals surface area contributed by atoms with Gasteiger partial charge in [-0.2, -0.15) is 0 Å². The first-order valence-electron chi connectivity index (χ1n) is 7.35. The molecule has 3 aromatic rings. The molecule has 26 heavy (non-hydrogen) atoms. The number of H-pyrrole nitrogens is 1. The molecule has 1 heterocycles. The summed E-state index contributed by atoms with van der Waals surface area (Å²) in [6.07, 6.45) is 1.62. The lowest BCUT2D eigenvalue weighted by atomic mass is 10.1. The minimum Gasteiger partial charge on any atom is -0.504 e. The number of phenols is 1. The summed E-state index contributed by atoms with van der Waals surface area (Å²) in [5.41, 5.74) is 0.560. The smallest absolute Gasteiger partial charge is 0.279 e. The van der Waals surface area contributed by atoms with E-state index in [2.05, 4.69) is 11.7 Å². The molecule has 0 amide bonds. The number of aromatic amines is 1. The van der Waals surface area contributed by atoms with Crippen LogP contribution in [0, 0.1) is 0 Å². The second kappa shape index (κ2) is 7.11. The number of ether oxygens (including phenoxy) is 1. The van der Waals surface area contributed by atoms with E-state index in [0.717, 1.165) is 0 Å². The van der Waals surface area contributed by atoms with Crippen molar-refractivity contribution in [1.82, 2.24) is 9.78 Å².